The van der Waals surface area contributed by atoms with Gasteiger partial charge in [0.1, 0.15) is 6.61 Å². The van der Waals surface area contributed by atoms with E-state index >= 15 is 0 Å². The zero-order chi connectivity index (χ0) is 17.4. The number of methoxy groups -OCH3 is 1. The summed E-state index contributed by atoms with van der Waals surface area (Å²) in [5.74, 6) is 1.45. The number of likely N-dealkylation sites (N-methyl/N-ethyl adjacent to an activating group) is 1. The van der Waals surface area contributed by atoms with Gasteiger partial charge in [-0.3, -0.25) is 0 Å². The van der Waals surface area contributed by atoms with Gasteiger partial charge in [-0.25, -0.2) is 0 Å². The Balaban J connectivity index is 0.00000312. The van der Waals surface area contributed by atoms with Gasteiger partial charge < -0.3 is 19.7 Å². The first-order valence-corrected chi connectivity index (χ1v) is 8.36. The predicted molar refractivity (Wildman–Crippen MR) is 114 cm³/mol. The molecule has 1 N–H and O–H groups in total. The van der Waals surface area contributed by atoms with Gasteiger partial charge in [0, 0.05) is 30.2 Å². The van der Waals surface area contributed by atoms with Crippen LogP contribution in [0.4, 0.5) is 0 Å². The lowest BCUT2D eigenvalue weighted by Gasteiger charge is -2.14. The van der Waals surface area contributed by atoms with Crippen molar-refractivity contribution < 1.29 is 9.47 Å². The van der Waals surface area contributed by atoms with E-state index in [-0.39, 0.29) is 24.8 Å². The van der Waals surface area contributed by atoms with E-state index in [1.807, 2.05) is 42.5 Å². The zero-order valence-electron chi connectivity index (χ0n) is 15.3. The third kappa shape index (κ3) is 8.02. The van der Waals surface area contributed by atoms with Crippen LogP contribution in [0.15, 0.2) is 42.5 Å². The van der Waals surface area contributed by atoms with Crippen LogP contribution in [0.3, 0.4) is 0 Å². The fourth-order valence-corrected chi connectivity index (χ4v) is 2.44. The zero-order valence-corrected chi connectivity index (χ0v) is 17.7. The molecule has 0 fully saturated rings. The number of ether oxygens (including phenoxy) is 2. The number of hydrogen-bond acceptors (Lipinski definition) is 4. The second-order valence-electron chi connectivity index (χ2n) is 5.85. The smallest absolute Gasteiger partial charge is 0.161 e. The van der Waals surface area contributed by atoms with E-state index in [9.17, 15) is 0 Å². The molecule has 0 unspecified atom stereocenters. The monoisotopic (exact) mass is 420 g/mol. The molecule has 2 aromatic rings. The summed E-state index contributed by atoms with van der Waals surface area (Å²) in [6.45, 7) is 3.17. The van der Waals surface area contributed by atoms with Crippen LogP contribution in [0.2, 0.25) is 5.02 Å². The minimum absolute atomic E-state index is 0. The van der Waals surface area contributed by atoms with Gasteiger partial charge >= 0.3 is 0 Å². The van der Waals surface area contributed by atoms with Crippen molar-refractivity contribution in [2.24, 2.45) is 0 Å². The number of nitrogens with zero attached hydrogens (tertiary/aromatic N) is 1. The van der Waals surface area contributed by atoms with E-state index < -0.39 is 0 Å². The van der Waals surface area contributed by atoms with Crippen LogP contribution in [0.25, 0.3) is 0 Å². The number of nitrogens with one attached hydrogen (secondary N) is 1. The van der Waals surface area contributed by atoms with Crippen LogP contribution in [-0.2, 0) is 13.2 Å². The molecule has 0 saturated heterocycles. The molecule has 26 heavy (non-hydrogen) atoms. The van der Waals surface area contributed by atoms with Gasteiger partial charge in [0.15, 0.2) is 11.5 Å². The van der Waals surface area contributed by atoms with Gasteiger partial charge in [-0.05, 0) is 37.9 Å². The molecular weight excluding hydrogens is 395 g/mol. The summed E-state index contributed by atoms with van der Waals surface area (Å²) in [6.07, 6.45) is 0. The minimum Gasteiger partial charge on any atom is -0.493 e. The second-order valence-corrected chi connectivity index (χ2v) is 6.25. The molecule has 2 aromatic carbocycles. The molecular formula is C19H27Cl3N2O2. The lowest BCUT2D eigenvalue weighted by atomic mass is 10.2. The first-order valence-electron chi connectivity index (χ1n) is 7.98. The molecule has 0 heterocycles. The largest absolute Gasteiger partial charge is 0.493 e. The standard InChI is InChI=1S/C19H25ClN2O2.2ClH/c1-22(2)11-10-21-13-15-8-9-18(19(12-15)23-3)24-14-16-6-4-5-7-17(16)20;;/h4-9,12,21H,10-11,13-14H2,1-3H3;2*1H. The first kappa shape index (κ1) is 24.8. The fraction of sp³-hybridized carbons (Fsp3) is 0.368. The quantitative estimate of drug-likeness (QED) is 0.608. The highest BCUT2D eigenvalue weighted by atomic mass is 35.5. The number of hydrogen-bond donors (Lipinski definition) is 1. The highest BCUT2D eigenvalue weighted by molar-refractivity contribution is 6.31. The molecule has 0 saturated carbocycles. The number of rotatable bonds is 9. The molecule has 0 aliphatic heterocycles. The molecule has 0 aliphatic carbocycles. The molecule has 146 valence electrons. The molecule has 0 atom stereocenters. The summed E-state index contributed by atoms with van der Waals surface area (Å²) in [5.41, 5.74) is 2.12. The normalized spacial score (nSPS) is 10.0. The summed E-state index contributed by atoms with van der Waals surface area (Å²) in [5, 5.41) is 4.12. The minimum atomic E-state index is 0. The van der Waals surface area contributed by atoms with Crippen LogP contribution in [0, 0.1) is 0 Å². The van der Waals surface area contributed by atoms with Crippen molar-refractivity contribution in [3.63, 3.8) is 0 Å². The summed E-state index contributed by atoms with van der Waals surface area (Å²) in [7, 11) is 5.78. The van der Waals surface area contributed by atoms with Crippen molar-refractivity contribution in [3.8, 4) is 11.5 Å². The Morgan fingerprint density at radius 2 is 1.77 bits per heavy atom. The van der Waals surface area contributed by atoms with E-state index in [0.717, 1.165) is 42.3 Å². The Kier molecular flexibility index (Phi) is 12.5. The van der Waals surface area contributed by atoms with Gasteiger partial charge in [0.05, 0.1) is 7.11 Å². The highest BCUT2D eigenvalue weighted by Gasteiger charge is 2.07. The average molecular weight is 422 g/mol. The molecule has 0 spiro atoms. The SMILES string of the molecule is COc1cc(CNCCN(C)C)ccc1OCc1ccccc1Cl.Cl.Cl. The van der Waals surface area contributed by atoms with E-state index in [1.165, 1.54) is 0 Å². The molecule has 7 heteroatoms. The molecule has 2 rings (SSSR count). The molecule has 0 bridgehead atoms. The topological polar surface area (TPSA) is 33.7 Å². The summed E-state index contributed by atoms with van der Waals surface area (Å²) in [4.78, 5) is 2.15. The number of halogens is 3. The Morgan fingerprint density at radius 3 is 2.42 bits per heavy atom. The molecule has 0 aromatic heterocycles. The summed E-state index contributed by atoms with van der Waals surface area (Å²) in [6, 6.07) is 13.7. The predicted octanol–water partition coefficient (Wildman–Crippen LogP) is 4.42. The van der Waals surface area contributed by atoms with Crippen LogP contribution in [0.5, 0.6) is 11.5 Å². The van der Waals surface area contributed by atoms with Crippen molar-refractivity contribution in [2.45, 2.75) is 13.2 Å². The van der Waals surface area contributed by atoms with E-state index in [2.05, 4.69) is 24.3 Å². The lowest BCUT2D eigenvalue weighted by molar-refractivity contribution is 0.284. The van der Waals surface area contributed by atoms with Crippen LogP contribution >= 0.6 is 36.4 Å². The maximum Gasteiger partial charge on any atom is 0.161 e. The molecule has 0 aliphatic rings. The van der Waals surface area contributed by atoms with E-state index in [1.54, 1.807) is 7.11 Å². The summed E-state index contributed by atoms with van der Waals surface area (Å²) >= 11 is 6.16. The van der Waals surface area contributed by atoms with Crippen molar-refractivity contribution >= 4 is 36.4 Å². The molecule has 0 radical (unpaired) electrons. The lowest BCUT2D eigenvalue weighted by Crippen LogP contribution is -2.26. The highest BCUT2D eigenvalue weighted by Crippen LogP contribution is 2.29. The summed E-state index contributed by atoms with van der Waals surface area (Å²) < 4.78 is 11.3. The Bertz CT molecular complexity index is 654. The molecule has 0 amide bonds. The maximum absolute atomic E-state index is 6.16. The fourth-order valence-electron chi connectivity index (χ4n) is 2.25. The number of benzene rings is 2. The maximum atomic E-state index is 6.16. The van der Waals surface area contributed by atoms with Crippen LogP contribution < -0.4 is 14.8 Å². The third-order valence-electron chi connectivity index (χ3n) is 3.63. The van der Waals surface area contributed by atoms with Gasteiger partial charge in [-0.2, -0.15) is 0 Å². The second kappa shape index (κ2) is 13.1. The first-order chi connectivity index (χ1) is 11.6. The van der Waals surface area contributed by atoms with Crippen LogP contribution in [0.1, 0.15) is 11.1 Å². The van der Waals surface area contributed by atoms with E-state index in [4.69, 9.17) is 21.1 Å². The molecule has 4 nitrogen and oxygen atoms in total. The Labute approximate surface area is 173 Å². The van der Waals surface area contributed by atoms with Crippen molar-refractivity contribution in [2.75, 3.05) is 34.3 Å². The van der Waals surface area contributed by atoms with Crippen LogP contribution in [-0.4, -0.2) is 39.2 Å². The van der Waals surface area contributed by atoms with Gasteiger partial charge in [0.25, 0.3) is 0 Å². The van der Waals surface area contributed by atoms with Crippen molar-refractivity contribution in [1.82, 2.24) is 10.2 Å². The average Bonchev–Trinajstić information content (AvgIpc) is 2.58. The Morgan fingerprint density at radius 1 is 1.04 bits per heavy atom. The Hall–Kier alpha value is -1.17. The third-order valence-corrected chi connectivity index (χ3v) is 4.00. The van der Waals surface area contributed by atoms with Gasteiger partial charge in [-0.1, -0.05) is 35.9 Å². The van der Waals surface area contributed by atoms with Gasteiger partial charge in [-0.15, -0.1) is 24.8 Å². The van der Waals surface area contributed by atoms with Gasteiger partial charge in [0.2, 0.25) is 0 Å². The van der Waals surface area contributed by atoms with Crippen molar-refractivity contribution in [1.29, 1.82) is 0 Å². The van der Waals surface area contributed by atoms with E-state index in [0.29, 0.717) is 11.6 Å². The van der Waals surface area contributed by atoms with Crippen molar-refractivity contribution in [3.05, 3.63) is 58.6 Å².